The van der Waals surface area contributed by atoms with Gasteiger partial charge in [-0.1, -0.05) is 57.2 Å². The first-order valence-corrected chi connectivity index (χ1v) is 8.21. The molecule has 0 unspecified atom stereocenters. The SMILES string of the molecule is C=CCN(C(=O)CC(C)(C)C)c1nc(-c2ccccc2)cs1. The molecule has 0 spiro atoms. The topological polar surface area (TPSA) is 33.2 Å². The lowest BCUT2D eigenvalue weighted by molar-refractivity contribution is -0.120. The summed E-state index contributed by atoms with van der Waals surface area (Å²) in [5.41, 5.74) is 1.92. The minimum atomic E-state index is -0.0456. The maximum atomic E-state index is 12.5. The van der Waals surface area contributed by atoms with Crippen molar-refractivity contribution in [2.75, 3.05) is 11.4 Å². The summed E-state index contributed by atoms with van der Waals surface area (Å²) in [5.74, 6) is 0.0846. The van der Waals surface area contributed by atoms with Crippen LogP contribution in [0, 0.1) is 5.41 Å². The summed E-state index contributed by atoms with van der Waals surface area (Å²) < 4.78 is 0. The summed E-state index contributed by atoms with van der Waals surface area (Å²) in [4.78, 5) is 18.9. The van der Waals surface area contributed by atoms with Gasteiger partial charge in [-0.25, -0.2) is 4.98 Å². The van der Waals surface area contributed by atoms with Crippen LogP contribution in [0.3, 0.4) is 0 Å². The number of thiazole rings is 1. The molecule has 1 amide bonds. The van der Waals surface area contributed by atoms with Crippen LogP contribution in [-0.2, 0) is 4.79 Å². The second-order valence-corrected chi connectivity index (χ2v) is 7.25. The minimum Gasteiger partial charge on any atom is -0.284 e. The fraction of sp³-hybridized carbons (Fsp3) is 0.333. The van der Waals surface area contributed by atoms with E-state index < -0.39 is 0 Å². The van der Waals surface area contributed by atoms with Crippen molar-refractivity contribution in [3.63, 3.8) is 0 Å². The second-order valence-electron chi connectivity index (χ2n) is 6.41. The Kier molecular flexibility index (Phi) is 5.14. The van der Waals surface area contributed by atoms with E-state index in [9.17, 15) is 4.79 Å². The van der Waals surface area contributed by atoms with Crippen molar-refractivity contribution in [1.82, 2.24) is 4.98 Å². The van der Waals surface area contributed by atoms with Crippen molar-refractivity contribution in [3.05, 3.63) is 48.4 Å². The van der Waals surface area contributed by atoms with Crippen LogP contribution in [0.1, 0.15) is 27.2 Å². The fourth-order valence-corrected chi connectivity index (χ4v) is 2.96. The molecule has 1 aromatic carbocycles. The number of hydrogen-bond acceptors (Lipinski definition) is 3. The van der Waals surface area contributed by atoms with Gasteiger partial charge in [0.2, 0.25) is 5.91 Å². The Balaban J connectivity index is 2.24. The molecular formula is C18H22N2OS. The first kappa shape index (κ1) is 16.4. The molecule has 4 heteroatoms. The van der Waals surface area contributed by atoms with Gasteiger partial charge in [-0.15, -0.1) is 17.9 Å². The maximum Gasteiger partial charge on any atom is 0.229 e. The number of benzene rings is 1. The largest absolute Gasteiger partial charge is 0.284 e. The molecule has 0 saturated heterocycles. The first-order chi connectivity index (χ1) is 10.4. The van der Waals surface area contributed by atoms with E-state index in [1.807, 2.05) is 35.7 Å². The number of aromatic nitrogens is 1. The van der Waals surface area contributed by atoms with Crippen LogP contribution in [0.4, 0.5) is 5.13 Å². The van der Waals surface area contributed by atoms with Crippen LogP contribution >= 0.6 is 11.3 Å². The van der Waals surface area contributed by atoms with Crippen molar-refractivity contribution in [1.29, 1.82) is 0 Å². The molecule has 2 rings (SSSR count). The molecule has 1 aromatic heterocycles. The zero-order valence-corrected chi connectivity index (χ0v) is 14.2. The molecule has 0 N–H and O–H groups in total. The normalized spacial score (nSPS) is 11.2. The Morgan fingerprint density at radius 2 is 2.00 bits per heavy atom. The van der Waals surface area contributed by atoms with E-state index in [-0.39, 0.29) is 11.3 Å². The zero-order valence-electron chi connectivity index (χ0n) is 13.4. The molecule has 116 valence electrons. The van der Waals surface area contributed by atoms with Crippen LogP contribution in [0.5, 0.6) is 0 Å². The van der Waals surface area contributed by atoms with E-state index >= 15 is 0 Å². The molecule has 0 aliphatic rings. The molecule has 0 saturated carbocycles. The lowest BCUT2D eigenvalue weighted by Gasteiger charge is -2.23. The predicted octanol–water partition coefficient (Wildman–Crippen LogP) is 4.77. The highest BCUT2D eigenvalue weighted by atomic mass is 32.1. The Morgan fingerprint density at radius 1 is 1.32 bits per heavy atom. The third-order valence-electron chi connectivity index (χ3n) is 3.09. The Morgan fingerprint density at radius 3 is 2.59 bits per heavy atom. The monoisotopic (exact) mass is 314 g/mol. The van der Waals surface area contributed by atoms with Gasteiger partial charge in [-0.05, 0) is 5.41 Å². The van der Waals surface area contributed by atoms with Crippen LogP contribution < -0.4 is 4.90 Å². The van der Waals surface area contributed by atoms with Gasteiger partial charge < -0.3 is 0 Å². The highest BCUT2D eigenvalue weighted by molar-refractivity contribution is 7.14. The van der Waals surface area contributed by atoms with Crippen molar-refractivity contribution in [2.24, 2.45) is 5.41 Å². The summed E-state index contributed by atoms with van der Waals surface area (Å²) >= 11 is 1.49. The van der Waals surface area contributed by atoms with Crippen molar-refractivity contribution in [3.8, 4) is 11.3 Å². The molecule has 0 aliphatic carbocycles. The quantitative estimate of drug-likeness (QED) is 0.745. The standard InChI is InChI=1S/C18H22N2OS/c1-5-11-20(16(21)12-18(2,3)4)17-19-15(13-22-17)14-9-7-6-8-10-14/h5-10,13H,1,11-12H2,2-4H3. The molecular weight excluding hydrogens is 292 g/mol. The number of carbonyl (C=O) groups excluding carboxylic acids is 1. The Bertz CT molecular complexity index is 641. The van der Waals surface area contributed by atoms with Crippen LogP contribution in [0.25, 0.3) is 11.3 Å². The van der Waals surface area contributed by atoms with E-state index in [1.54, 1.807) is 11.0 Å². The average Bonchev–Trinajstić information content (AvgIpc) is 2.93. The predicted molar refractivity (Wildman–Crippen MR) is 94.2 cm³/mol. The summed E-state index contributed by atoms with van der Waals surface area (Å²) in [7, 11) is 0. The minimum absolute atomic E-state index is 0.0456. The van der Waals surface area contributed by atoms with Crippen molar-refractivity contribution in [2.45, 2.75) is 27.2 Å². The van der Waals surface area contributed by atoms with Gasteiger partial charge in [0.15, 0.2) is 5.13 Å². The van der Waals surface area contributed by atoms with Gasteiger partial charge in [-0.2, -0.15) is 0 Å². The van der Waals surface area contributed by atoms with Gasteiger partial charge in [-0.3, -0.25) is 9.69 Å². The van der Waals surface area contributed by atoms with Gasteiger partial charge in [0, 0.05) is 23.9 Å². The number of amides is 1. The number of anilines is 1. The fourth-order valence-electron chi connectivity index (χ4n) is 2.09. The van der Waals surface area contributed by atoms with E-state index in [1.165, 1.54) is 11.3 Å². The lowest BCUT2D eigenvalue weighted by atomic mass is 9.92. The number of hydrogen-bond donors (Lipinski definition) is 0. The first-order valence-electron chi connectivity index (χ1n) is 7.33. The van der Waals surface area contributed by atoms with Crippen LogP contribution in [-0.4, -0.2) is 17.4 Å². The summed E-state index contributed by atoms with van der Waals surface area (Å²) in [6, 6.07) is 10.00. The molecule has 0 fully saturated rings. The summed E-state index contributed by atoms with van der Waals surface area (Å²) in [6.45, 7) is 10.4. The Labute approximate surface area is 136 Å². The van der Waals surface area contributed by atoms with E-state index in [2.05, 4.69) is 32.3 Å². The molecule has 0 bridgehead atoms. The van der Waals surface area contributed by atoms with E-state index in [0.717, 1.165) is 16.4 Å². The smallest absolute Gasteiger partial charge is 0.229 e. The van der Waals surface area contributed by atoms with Crippen molar-refractivity contribution < 1.29 is 4.79 Å². The zero-order chi connectivity index (χ0) is 16.2. The number of rotatable bonds is 5. The molecule has 0 aliphatic heterocycles. The summed E-state index contributed by atoms with van der Waals surface area (Å²) in [5, 5.41) is 2.72. The van der Waals surface area contributed by atoms with Crippen LogP contribution in [0.15, 0.2) is 48.4 Å². The molecule has 1 heterocycles. The molecule has 0 atom stereocenters. The lowest BCUT2D eigenvalue weighted by Crippen LogP contribution is -2.33. The molecule has 22 heavy (non-hydrogen) atoms. The number of nitrogens with zero attached hydrogens (tertiary/aromatic N) is 2. The average molecular weight is 314 g/mol. The number of carbonyl (C=O) groups is 1. The highest BCUT2D eigenvalue weighted by Crippen LogP contribution is 2.29. The third kappa shape index (κ3) is 4.28. The van der Waals surface area contributed by atoms with Gasteiger partial charge >= 0.3 is 0 Å². The van der Waals surface area contributed by atoms with E-state index in [0.29, 0.717) is 13.0 Å². The molecule has 0 radical (unpaired) electrons. The maximum absolute atomic E-state index is 12.5. The third-order valence-corrected chi connectivity index (χ3v) is 3.95. The Hall–Kier alpha value is -1.94. The molecule has 3 nitrogen and oxygen atoms in total. The van der Waals surface area contributed by atoms with Gasteiger partial charge in [0.1, 0.15) is 0 Å². The van der Waals surface area contributed by atoms with Crippen molar-refractivity contribution >= 4 is 22.4 Å². The van der Waals surface area contributed by atoms with Crippen LogP contribution in [0.2, 0.25) is 0 Å². The van der Waals surface area contributed by atoms with E-state index in [4.69, 9.17) is 0 Å². The van der Waals surface area contributed by atoms with Gasteiger partial charge in [0.05, 0.1) is 5.69 Å². The summed E-state index contributed by atoms with van der Waals surface area (Å²) in [6.07, 6.45) is 2.23. The van der Waals surface area contributed by atoms with Gasteiger partial charge in [0.25, 0.3) is 0 Å². The second kappa shape index (κ2) is 6.88. The molecule has 2 aromatic rings. The highest BCUT2D eigenvalue weighted by Gasteiger charge is 2.23.